The second-order valence-electron chi connectivity index (χ2n) is 5.74. The third kappa shape index (κ3) is 2.27. The Morgan fingerprint density at radius 1 is 0.870 bits per heavy atom. The lowest BCUT2D eigenvalue weighted by Crippen LogP contribution is -2.08. The molecule has 0 aromatic heterocycles. The van der Waals surface area contributed by atoms with Crippen molar-refractivity contribution in [2.75, 3.05) is 0 Å². The van der Waals surface area contributed by atoms with Gasteiger partial charge >= 0.3 is 0 Å². The lowest BCUT2D eigenvalue weighted by Gasteiger charge is -2.14. The van der Waals surface area contributed by atoms with E-state index in [4.69, 9.17) is 0 Å². The lowest BCUT2D eigenvalue weighted by molar-refractivity contribution is 0.111. The highest BCUT2D eigenvalue weighted by molar-refractivity contribution is 6.19. The van der Waals surface area contributed by atoms with Gasteiger partial charge in [0.25, 0.3) is 0 Å². The standard InChI is InChI=1S/C21H18O2/c1-4-6-18-16(11-22)10-15-7-13(3)8-19-17(12-23)9-14(5-2)20(18)21(15)19/h4-12H,1-3H3/b6-4+,14-5-. The molecule has 0 bridgehead atoms. The minimum absolute atomic E-state index is 0.671. The van der Waals surface area contributed by atoms with Gasteiger partial charge in [0.15, 0.2) is 12.6 Å². The number of hydrogen-bond acceptors (Lipinski definition) is 2. The molecule has 0 atom stereocenters. The summed E-state index contributed by atoms with van der Waals surface area (Å²) < 4.78 is 0. The molecule has 0 aliphatic carbocycles. The summed E-state index contributed by atoms with van der Waals surface area (Å²) >= 11 is 0. The van der Waals surface area contributed by atoms with Crippen molar-refractivity contribution >= 4 is 46.3 Å². The summed E-state index contributed by atoms with van der Waals surface area (Å²) in [6.45, 7) is 5.89. The predicted octanol–water partition coefficient (Wildman–Crippen LogP) is 4.48. The quantitative estimate of drug-likeness (QED) is 0.669. The summed E-state index contributed by atoms with van der Waals surface area (Å²) in [6, 6.07) is 7.93. The molecule has 114 valence electrons. The number of aldehydes is 2. The van der Waals surface area contributed by atoms with Crippen LogP contribution in [-0.2, 0) is 0 Å². The molecular weight excluding hydrogens is 284 g/mol. The van der Waals surface area contributed by atoms with Crippen LogP contribution in [0, 0.1) is 6.92 Å². The largest absolute Gasteiger partial charge is 0.298 e. The highest BCUT2D eigenvalue weighted by Crippen LogP contribution is 2.32. The zero-order valence-electron chi connectivity index (χ0n) is 13.5. The van der Waals surface area contributed by atoms with Crippen molar-refractivity contribution in [3.05, 3.63) is 57.8 Å². The summed E-state index contributed by atoms with van der Waals surface area (Å²) in [6.07, 6.45) is 7.70. The van der Waals surface area contributed by atoms with E-state index in [0.717, 1.165) is 50.5 Å². The number of benzene rings is 3. The van der Waals surface area contributed by atoms with E-state index < -0.39 is 0 Å². The van der Waals surface area contributed by atoms with E-state index in [0.29, 0.717) is 11.1 Å². The minimum Gasteiger partial charge on any atom is -0.298 e. The number of carbonyl (C=O) groups is 2. The van der Waals surface area contributed by atoms with Crippen LogP contribution in [0.4, 0.5) is 0 Å². The van der Waals surface area contributed by atoms with Crippen molar-refractivity contribution in [3.63, 3.8) is 0 Å². The van der Waals surface area contributed by atoms with Crippen LogP contribution < -0.4 is 5.22 Å². The highest BCUT2D eigenvalue weighted by Gasteiger charge is 2.14. The molecular formula is C21H18O2. The van der Waals surface area contributed by atoms with Crippen molar-refractivity contribution in [2.45, 2.75) is 20.8 Å². The molecule has 3 rings (SSSR count). The van der Waals surface area contributed by atoms with Crippen molar-refractivity contribution < 1.29 is 9.59 Å². The van der Waals surface area contributed by atoms with E-state index in [1.165, 1.54) is 0 Å². The van der Waals surface area contributed by atoms with Gasteiger partial charge in [-0.3, -0.25) is 9.59 Å². The molecule has 3 aromatic carbocycles. The SMILES string of the molecule is C/C=c1/cc(C=O)c2cc(C)cc3cc(C=O)c(/C=C/C)c1c32. The first kappa shape index (κ1) is 15.2. The van der Waals surface area contributed by atoms with Gasteiger partial charge in [0.2, 0.25) is 0 Å². The molecule has 0 unspecified atom stereocenters. The van der Waals surface area contributed by atoms with Crippen molar-refractivity contribution in [1.29, 1.82) is 0 Å². The average Bonchev–Trinajstić information content (AvgIpc) is 2.56. The number of aryl methyl sites for hydroxylation is 1. The molecule has 0 N–H and O–H groups in total. The Morgan fingerprint density at radius 2 is 1.61 bits per heavy atom. The zero-order chi connectivity index (χ0) is 16.6. The fourth-order valence-electron chi connectivity index (χ4n) is 3.35. The molecule has 0 saturated carbocycles. The second-order valence-corrected chi connectivity index (χ2v) is 5.74. The Hall–Kier alpha value is -2.74. The van der Waals surface area contributed by atoms with Crippen molar-refractivity contribution in [3.8, 4) is 0 Å². The Morgan fingerprint density at radius 3 is 2.22 bits per heavy atom. The second kappa shape index (κ2) is 5.81. The molecule has 0 amide bonds. The molecule has 0 heterocycles. The van der Waals surface area contributed by atoms with Crippen LogP contribution in [0.1, 0.15) is 45.7 Å². The van der Waals surface area contributed by atoms with Crippen LogP contribution >= 0.6 is 0 Å². The summed E-state index contributed by atoms with van der Waals surface area (Å²) in [7, 11) is 0. The van der Waals surface area contributed by atoms with Crippen molar-refractivity contribution in [2.24, 2.45) is 0 Å². The fraction of sp³-hybridized carbons (Fsp3) is 0.143. The smallest absolute Gasteiger partial charge is 0.150 e. The molecule has 0 spiro atoms. The topological polar surface area (TPSA) is 34.1 Å². The maximum atomic E-state index is 11.6. The minimum atomic E-state index is 0.671. The monoisotopic (exact) mass is 302 g/mol. The number of hydrogen-bond donors (Lipinski definition) is 0. The van der Waals surface area contributed by atoms with E-state index in [2.05, 4.69) is 6.07 Å². The fourth-order valence-corrected chi connectivity index (χ4v) is 3.35. The van der Waals surface area contributed by atoms with E-state index in [9.17, 15) is 9.59 Å². The molecule has 2 heteroatoms. The Balaban J connectivity index is 2.76. The van der Waals surface area contributed by atoms with Crippen LogP contribution in [-0.4, -0.2) is 12.6 Å². The molecule has 23 heavy (non-hydrogen) atoms. The van der Waals surface area contributed by atoms with Crippen LogP contribution in [0.5, 0.6) is 0 Å². The third-order valence-corrected chi connectivity index (χ3v) is 4.26. The van der Waals surface area contributed by atoms with Crippen LogP contribution in [0.15, 0.2) is 30.3 Å². The molecule has 2 nitrogen and oxygen atoms in total. The van der Waals surface area contributed by atoms with Gasteiger partial charge in [0.1, 0.15) is 0 Å². The Labute approximate surface area is 135 Å². The number of carbonyl (C=O) groups excluding carboxylic acids is 2. The van der Waals surface area contributed by atoms with Gasteiger partial charge in [-0.15, -0.1) is 0 Å². The first-order valence-electron chi connectivity index (χ1n) is 7.67. The maximum absolute atomic E-state index is 11.6. The summed E-state index contributed by atoms with van der Waals surface area (Å²) in [5, 5.41) is 5.00. The highest BCUT2D eigenvalue weighted by atomic mass is 16.1. The normalized spacial score (nSPS) is 12.6. The summed E-state index contributed by atoms with van der Waals surface area (Å²) in [5.41, 5.74) is 3.34. The Bertz CT molecular complexity index is 1020. The molecule has 0 fully saturated rings. The molecule has 0 radical (unpaired) electrons. The lowest BCUT2D eigenvalue weighted by atomic mass is 9.88. The molecule has 0 aliphatic rings. The van der Waals surface area contributed by atoms with Crippen LogP contribution in [0.25, 0.3) is 33.7 Å². The van der Waals surface area contributed by atoms with Gasteiger partial charge in [-0.25, -0.2) is 0 Å². The summed E-state index contributed by atoms with van der Waals surface area (Å²) in [5.74, 6) is 0. The first-order chi connectivity index (χ1) is 11.1. The third-order valence-electron chi connectivity index (χ3n) is 4.26. The summed E-state index contributed by atoms with van der Waals surface area (Å²) in [4.78, 5) is 23.1. The average molecular weight is 302 g/mol. The van der Waals surface area contributed by atoms with Crippen LogP contribution in [0.3, 0.4) is 0 Å². The van der Waals surface area contributed by atoms with Gasteiger partial charge in [0, 0.05) is 11.1 Å². The van der Waals surface area contributed by atoms with E-state index >= 15 is 0 Å². The van der Waals surface area contributed by atoms with Gasteiger partial charge in [-0.2, -0.15) is 0 Å². The zero-order valence-corrected chi connectivity index (χ0v) is 13.5. The van der Waals surface area contributed by atoms with E-state index in [1.807, 2.05) is 57.2 Å². The number of allylic oxidation sites excluding steroid dienone is 1. The van der Waals surface area contributed by atoms with Gasteiger partial charge in [0.05, 0.1) is 0 Å². The molecule has 0 saturated heterocycles. The molecule has 3 aromatic rings. The maximum Gasteiger partial charge on any atom is 0.150 e. The first-order valence-corrected chi connectivity index (χ1v) is 7.67. The Kier molecular flexibility index (Phi) is 3.83. The number of rotatable bonds is 3. The van der Waals surface area contributed by atoms with E-state index in [-0.39, 0.29) is 0 Å². The van der Waals surface area contributed by atoms with Gasteiger partial charge < -0.3 is 0 Å². The molecule has 0 aliphatic heterocycles. The van der Waals surface area contributed by atoms with Crippen molar-refractivity contribution in [1.82, 2.24) is 0 Å². The van der Waals surface area contributed by atoms with Crippen LogP contribution in [0.2, 0.25) is 0 Å². The van der Waals surface area contributed by atoms with Gasteiger partial charge in [-0.1, -0.05) is 30.4 Å². The predicted molar refractivity (Wildman–Crippen MR) is 97.0 cm³/mol. The van der Waals surface area contributed by atoms with E-state index in [1.54, 1.807) is 0 Å². The van der Waals surface area contributed by atoms with Gasteiger partial charge in [-0.05, 0) is 70.8 Å².